The zero-order valence-corrected chi connectivity index (χ0v) is 21.3. The van der Waals surface area contributed by atoms with Crippen molar-refractivity contribution in [1.29, 1.82) is 0 Å². The fraction of sp³-hybridized carbons (Fsp3) is 0.593. The van der Waals surface area contributed by atoms with Crippen molar-refractivity contribution >= 4 is 21.7 Å². The highest BCUT2D eigenvalue weighted by atomic mass is 32.2. The number of carbonyl (C=O) groups is 1. The molecule has 1 aromatic carbocycles. The third kappa shape index (κ3) is 4.07. The molecule has 4 aliphatic carbocycles. The van der Waals surface area contributed by atoms with Gasteiger partial charge >= 0.3 is 15.6 Å². The Labute approximate surface area is 210 Å². The standard InChI is InChI=1S/C27H32F3NO4S/c1-25-14-12-19(35-36(33,34)27(28,29)30)16-17(25)8-9-20-21-10-11-23(26(21,2)15-13-22(20)25)24(32)31-18-6-4-3-5-7-18/h3-8,16,20-23H,9-15H2,1-2H3,(H,31,32)/t20-,21-,22-,23+,25-,26-/m0/s1. The summed E-state index contributed by atoms with van der Waals surface area (Å²) in [7, 11) is -5.67. The number of fused-ring (bicyclic) bond motifs is 5. The van der Waals surface area contributed by atoms with Crippen LogP contribution in [-0.2, 0) is 19.1 Å². The van der Waals surface area contributed by atoms with Gasteiger partial charge in [-0.25, -0.2) is 0 Å². The molecule has 6 atom stereocenters. The van der Waals surface area contributed by atoms with Gasteiger partial charge in [0.2, 0.25) is 5.91 Å². The summed E-state index contributed by atoms with van der Waals surface area (Å²) in [5, 5.41) is 3.10. The quantitative estimate of drug-likeness (QED) is 0.358. The number of para-hydroxylation sites is 1. The lowest BCUT2D eigenvalue weighted by atomic mass is 9.48. The van der Waals surface area contributed by atoms with Gasteiger partial charge < -0.3 is 9.50 Å². The van der Waals surface area contributed by atoms with Crippen LogP contribution in [0, 0.1) is 34.5 Å². The molecular formula is C27H32F3NO4S. The Balaban J connectivity index is 1.35. The average molecular weight is 524 g/mol. The molecular weight excluding hydrogens is 491 g/mol. The van der Waals surface area contributed by atoms with Gasteiger partial charge in [0.25, 0.3) is 0 Å². The van der Waals surface area contributed by atoms with E-state index in [1.807, 2.05) is 30.3 Å². The van der Waals surface area contributed by atoms with Gasteiger partial charge in [0, 0.05) is 18.0 Å². The van der Waals surface area contributed by atoms with Crippen LogP contribution in [-0.4, -0.2) is 19.8 Å². The summed E-state index contributed by atoms with van der Waals surface area (Å²) in [6.45, 7) is 4.41. The average Bonchev–Trinajstić information content (AvgIpc) is 3.16. The first-order valence-electron chi connectivity index (χ1n) is 12.6. The van der Waals surface area contributed by atoms with Crippen LogP contribution in [0.2, 0.25) is 0 Å². The lowest BCUT2D eigenvalue weighted by molar-refractivity contribution is -0.126. The molecule has 0 bridgehead atoms. The van der Waals surface area contributed by atoms with Gasteiger partial charge in [0.15, 0.2) is 0 Å². The zero-order valence-electron chi connectivity index (χ0n) is 20.5. The summed E-state index contributed by atoms with van der Waals surface area (Å²) in [4.78, 5) is 13.3. The Kier molecular flexibility index (Phi) is 6.09. The molecule has 9 heteroatoms. The van der Waals surface area contributed by atoms with Gasteiger partial charge in [-0.15, -0.1) is 0 Å². The van der Waals surface area contributed by atoms with Crippen molar-refractivity contribution in [2.24, 2.45) is 34.5 Å². The third-order valence-electron chi connectivity index (χ3n) is 9.59. The Morgan fingerprint density at radius 2 is 1.78 bits per heavy atom. The van der Waals surface area contributed by atoms with Gasteiger partial charge in [-0.05, 0) is 90.9 Å². The molecule has 0 saturated heterocycles. The summed E-state index contributed by atoms with van der Waals surface area (Å²) in [5.74, 6) is 1.00. The molecule has 4 aliphatic rings. The van der Waals surface area contributed by atoms with Crippen molar-refractivity contribution in [2.45, 2.75) is 64.3 Å². The van der Waals surface area contributed by atoms with E-state index in [0.29, 0.717) is 24.2 Å². The molecule has 1 amide bonds. The molecule has 0 aromatic heterocycles. The number of hydrogen-bond acceptors (Lipinski definition) is 4. The van der Waals surface area contributed by atoms with Gasteiger partial charge in [0.05, 0.1) is 0 Å². The fourth-order valence-electron chi connectivity index (χ4n) is 7.74. The largest absolute Gasteiger partial charge is 0.534 e. The normalized spacial score (nSPS) is 36.0. The monoisotopic (exact) mass is 523 g/mol. The Morgan fingerprint density at radius 1 is 1.06 bits per heavy atom. The Bertz CT molecular complexity index is 1210. The molecule has 5 rings (SSSR count). The van der Waals surface area contributed by atoms with E-state index in [4.69, 9.17) is 0 Å². The van der Waals surface area contributed by atoms with Crippen molar-refractivity contribution in [3.05, 3.63) is 53.8 Å². The van der Waals surface area contributed by atoms with Gasteiger partial charge in [0.1, 0.15) is 5.76 Å². The lowest BCUT2D eigenvalue weighted by Gasteiger charge is -2.56. The fourth-order valence-corrected chi connectivity index (χ4v) is 8.24. The maximum Gasteiger partial charge on any atom is 0.534 e. The first-order valence-corrected chi connectivity index (χ1v) is 14.0. The van der Waals surface area contributed by atoms with Gasteiger partial charge in [-0.3, -0.25) is 4.79 Å². The van der Waals surface area contributed by atoms with Crippen LogP contribution in [0.25, 0.3) is 0 Å². The number of benzene rings is 1. The van der Waals surface area contributed by atoms with E-state index < -0.39 is 15.6 Å². The predicted octanol–water partition coefficient (Wildman–Crippen LogP) is 6.56. The molecule has 0 heterocycles. The Hall–Kier alpha value is -2.29. The third-order valence-corrected chi connectivity index (χ3v) is 10.6. The van der Waals surface area contributed by atoms with Crippen molar-refractivity contribution < 1.29 is 30.6 Å². The second kappa shape index (κ2) is 8.64. The zero-order chi connectivity index (χ0) is 25.9. The molecule has 2 saturated carbocycles. The molecule has 1 N–H and O–H groups in total. The smallest absolute Gasteiger partial charge is 0.381 e. The number of anilines is 1. The minimum atomic E-state index is -5.67. The molecule has 36 heavy (non-hydrogen) atoms. The topological polar surface area (TPSA) is 72.5 Å². The summed E-state index contributed by atoms with van der Waals surface area (Å²) in [5.41, 5.74) is -4.10. The summed E-state index contributed by atoms with van der Waals surface area (Å²) >= 11 is 0. The number of allylic oxidation sites excluding steroid dienone is 4. The van der Waals surface area contributed by atoms with Crippen molar-refractivity contribution in [3.63, 3.8) is 0 Å². The highest BCUT2D eigenvalue weighted by molar-refractivity contribution is 7.87. The molecule has 1 aromatic rings. The first-order chi connectivity index (χ1) is 16.8. The van der Waals surface area contributed by atoms with E-state index in [0.717, 1.165) is 43.4 Å². The second-order valence-electron chi connectivity index (χ2n) is 11.3. The summed E-state index contributed by atoms with van der Waals surface area (Å²) in [6, 6.07) is 9.51. The molecule has 0 unspecified atom stereocenters. The maximum atomic E-state index is 13.3. The van der Waals surface area contributed by atoms with Crippen LogP contribution in [0.4, 0.5) is 18.9 Å². The van der Waals surface area contributed by atoms with Gasteiger partial charge in [-0.2, -0.15) is 21.6 Å². The van der Waals surface area contributed by atoms with E-state index >= 15 is 0 Å². The number of rotatable bonds is 4. The minimum Gasteiger partial charge on any atom is -0.381 e. The number of nitrogens with one attached hydrogen (secondary N) is 1. The maximum absolute atomic E-state index is 13.3. The van der Waals surface area contributed by atoms with Crippen LogP contribution in [0.1, 0.15) is 58.8 Å². The summed E-state index contributed by atoms with van der Waals surface area (Å²) < 4.78 is 65.9. The van der Waals surface area contributed by atoms with Crippen LogP contribution >= 0.6 is 0 Å². The molecule has 2 fully saturated rings. The van der Waals surface area contributed by atoms with E-state index in [1.54, 1.807) is 0 Å². The molecule has 196 valence electrons. The van der Waals surface area contributed by atoms with Crippen LogP contribution in [0.15, 0.2) is 53.8 Å². The van der Waals surface area contributed by atoms with Crippen molar-refractivity contribution in [3.8, 4) is 0 Å². The molecule has 5 nitrogen and oxygen atoms in total. The SMILES string of the molecule is C[C@]12CC[C@H]3[C@@H](CC=C4C=C(OS(=O)(=O)C(F)(F)F)CC[C@@]43C)[C@@H]1CC[C@@H]2C(=O)Nc1ccccc1. The summed E-state index contributed by atoms with van der Waals surface area (Å²) in [6.07, 6.45) is 8.74. The number of halogens is 3. The van der Waals surface area contributed by atoms with Crippen LogP contribution < -0.4 is 5.32 Å². The van der Waals surface area contributed by atoms with E-state index in [9.17, 15) is 26.4 Å². The lowest BCUT2D eigenvalue weighted by Crippen LogP contribution is -2.50. The number of carbonyl (C=O) groups excluding carboxylic acids is 1. The highest BCUT2D eigenvalue weighted by Gasteiger charge is 2.60. The van der Waals surface area contributed by atoms with E-state index in [2.05, 4.69) is 29.4 Å². The van der Waals surface area contributed by atoms with Crippen LogP contribution in [0.5, 0.6) is 0 Å². The van der Waals surface area contributed by atoms with Crippen molar-refractivity contribution in [2.75, 3.05) is 5.32 Å². The predicted molar refractivity (Wildman–Crippen MR) is 130 cm³/mol. The molecule has 0 radical (unpaired) electrons. The highest BCUT2D eigenvalue weighted by Crippen LogP contribution is 2.66. The second-order valence-corrected chi connectivity index (χ2v) is 12.9. The molecule has 0 spiro atoms. The van der Waals surface area contributed by atoms with E-state index in [1.165, 1.54) is 6.08 Å². The molecule has 0 aliphatic heterocycles. The number of alkyl halides is 3. The minimum absolute atomic E-state index is 0.0549. The number of amides is 1. The van der Waals surface area contributed by atoms with Gasteiger partial charge in [-0.1, -0.05) is 38.1 Å². The number of hydrogen-bond donors (Lipinski definition) is 1. The van der Waals surface area contributed by atoms with Crippen LogP contribution in [0.3, 0.4) is 0 Å². The van der Waals surface area contributed by atoms with E-state index in [-0.39, 0.29) is 34.8 Å². The first kappa shape index (κ1) is 25.4. The van der Waals surface area contributed by atoms with Crippen molar-refractivity contribution in [1.82, 2.24) is 0 Å². The Morgan fingerprint density at radius 3 is 2.47 bits per heavy atom.